The molecule has 1 N–H and O–H groups in total. The molecule has 1 atom stereocenters. The van der Waals surface area contributed by atoms with Gasteiger partial charge < -0.3 is 14.6 Å². The molecule has 1 fully saturated rings. The quantitative estimate of drug-likeness (QED) is 0.616. The van der Waals surface area contributed by atoms with Crippen molar-refractivity contribution in [3.05, 3.63) is 77.2 Å². The average molecular weight is 419 g/mol. The van der Waals surface area contributed by atoms with Crippen LogP contribution in [-0.4, -0.2) is 29.2 Å². The molecule has 162 valence electrons. The lowest BCUT2D eigenvalue weighted by Gasteiger charge is -2.18. The van der Waals surface area contributed by atoms with E-state index in [-0.39, 0.29) is 11.9 Å². The second kappa shape index (κ2) is 10.2. The van der Waals surface area contributed by atoms with Crippen LogP contribution in [0.25, 0.3) is 0 Å². The van der Waals surface area contributed by atoms with Gasteiger partial charge in [0.15, 0.2) is 0 Å². The smallest absolute Gasteiger partial charge is 0.318 e. The van der Waals surface area contributed by atoms with Gasteiger partial charge in [-0.05, 0) is 36.5 Å². The molecular formula is C25H30N4O2. The Morgan fingerprint density at radius 2 is 1.71 bits per heavy atom. The van der Waals surface area contributed by atoms with E-state index in [0.29, 0.717) is 24.7 Å². The second-order valence-electron chi connectivity index (χ2n) is 8.24. The number of benzene rings is 2. The monoisotopic (exact) mass is 418 g/mol. The predicted octanol–water partition coefficient (Wildman–Crippen LogP) is 4.40. The van der Waals surface area contributed by atoms with Crippen LogP contribution in [0.3, 0.4) is 0 Å². The van der Waals surface area contributed by atoms with Gasteiger partial charge >= 0.3 is 6.01 Å². The molecule has 3 aromatic rings. The minimum Gasteiger partial charge on any atom is -0.406 e. The third-order valence-corrected chi connectivity index (χ3v) is 5.83. The van der Waals surface area contributed by atoms with Crippen LogP contribution in [0.15, 0.2) is 59.0 Å². The predicted molar refractivity (Wildman–Crippen MR) is 121 cm³/mol. The molecule has 31 heavy (non-hydrogen) atoms. The van der Waals surface area contributed by atoms with Crippen molar-refractivity contribution < 1.29 is 9.21 Å². The number of carbonyl (C=O) groups excluding carboxylic acids is 1. The molecule has 6 heteroatoms. The first kappa shape index (κ1) is 21.1. The molecule has 2 heterocycles. The maximum Gasteiger partial charge on any atom is 0.318 e. The first-order valence-corrected chi connectivity index (χ1v) is 11.1. The van der Waals surface area contributed by atoms with Crippen LogP contribution in [0.5, 0.6) is 0 Å². The standard InChI is InChI=1S/C25H30N4O2/c1-19-11-7-8-14-21(19)18-23(30)26-22(17-20-12-5-4-6-13-20)24-27-28-25(31-24)29-15-9-2-3-10-16-29/h4-8,11-14,22H,2-3,9-10,15-18H2,1H3,(H,26,30)/t22-/m0/s1. The van der Waals surface area contributed by atoms with Crippen molar-refractivity contribution in [3.63, 3.8) is 0 Å². The van der Waals surface area contributed by atoms with E-state index in [2.05, 4.69) is 20.4 Å². The number of hydrogen-bond donors (Lipinski definition) is 1. The highest BCUT2D eigenvalue weighted by Crippen LogP contribution is 2.23. The maximum absolute atomic E-state index is 12.9. The van der Waals surface area contributed by atoms with Gasteiger partial charge in [-0.1, -0.05) is 72.5 Å². The van der Waals surface area contributed by atoms with Crippen LogP contribution in [0.2, 0.25) is 0 Å². The summed E-state index contributed by atoms with van der Waals surface area (Å²) in [5, 5.41) is 11.8. The lowest BCUT2D eigenvalue weighted by molar-refractivity contribution is -0.121. The zero-order valence-electron chi connectivity index (χ0n) is 18.1. The van der Waals surface area contributed by atoms with E-state index in [9.17, 15) is 4.79 Å². The van der Waals surface area contributed by atoms with Gasteiger partial charge in [0.2, 0.25) is 11.8 Å². The van der Waals surface area contributed by atoms with Gasteiger partial charge in [0.25, 0.3) is 0 Å². The third-order valence-electron chi connectivity index (χ3n) is 5.83. The molecule has 2 aromatic carbocycles. The maximum atomic E-state index is 12.9. The Hall–Kier alpha value is -3.15. The molecular weight excluding hydrogens is 388 g/mol. The van der Waals surface area contributed by atoms with Crippen LogP contribution in [0, 0.1) is 6.92 Å². The van der Waals surface area contributed by atoms with Crippen LogP contribution >= 0.6 is 0 Å². The average Bonchev–Trinajstić information content (AvgIpc) is 3.11. The third kappa shape index (κ3) is 5.72. The Kier molecular flexibility index (Phi) is 6.97. The normalized spacial score (nSPS) is 15.3. The summed E-state index contributed by atoms with van der Waals surface area (Å²) in [4.78, 5) is 15.0. The molecule has 6 nitrogen and oxygen atoms in total. The molecule has 1 saturated heterocycles. The summed E-state index contributed by atoms with van der Waals surface area (Å²) in [5.41, 5.74) is 3.24. The molecule has 0 radical (unpaired) electrons. The molecule has 0 bridgehead atoms. The van der Waals surface area contributed by atoms with Crippen molar-refractivity contribution in [2.75, 3.05) is 18.0 Å². The largest absolute Gasteiger partial charge is 0.406 e. The van der Waals surface area contributed by atoms with Crippen LogP contribution in [0.1, 0.15) is 54.3 Å². The molecule has 0 spiro atoms. The summed E-state index contributed by atoms with van der Waals surface area (Å²) in [7, 11) is 0. The molecule has 0 aliphatic carbocycles. The van der Waals surface area contributed by atoms with Crippen molar-refractivity contribution in [2.24, 2.45) is 0 Å². The highest BCUT2D eigenvalue weighted by atomic mass is 16.4. The van der Waals surface area contributed by atoms with Gasteiger partial charge in [-0.3, -0.25) is 4.79 Å². The number of carbonyl (C=O) groups is 1. The van der Waals surface area contributed by atoms with Crippen molar-refractivity contribution in [3.8, 4) is 0 Å². The van der Waals surface area contributed by atoms with Crippen molar-refractivity contribution >= 4 is 11.9 Å². The lowest BCUT2D eigenvalue weighted by atomic mass is 10.0. The Labute approximate surface area is 183 Å². The summed E-state index contributed by atoms with van der Waals surface area (Å²) in [6, 6.07) is 18.2. The Balaban J connectivity index is 1.51. The molecule has 1 amide bonds. The van der Waals surface area contributed by atoms with Gasteiger partial charge in [-0.15, -0.1) is 5.10 Å². The van der Waals surface area contributed by atoms with Gasteiger partial charge in [0, 0.05) is 19.5 Å². The summed E-state index contributed by atoms with van der Waals surface area (Å²) in [6.07, 6.45) is 5.68. The van der Waals surface area contributed by atoms with Crippen molar-refractivity contribution in [2.45, 2.75) is 51.5 Å². The summed E-state index contributed by atoms with van der Waals surface area (Å²) in [6.45, 7) is 3.89. The van der Waals surface area contributed by atoms with Crippen LogP contribution < -0.4 is 10.2 Å². The zero-order valence-corrected chi connectivity index (χ0v) is 18.1. The zero-order chi connectivity index (χ0) is 21.5. The first-order chi connectivity index (χ1) is 15.2. The fourth-order valence-electron chi connectivity index (χ4n) is 4.03. The van der Waals surface area contributed by atoms with E-state index in [1.54, 1.807) is 0 Å². The second-order valence-corrected chi connectivity index (χ2v) is 8.24. The van der Waals surface area contributed by atoms with E-state index in [1.807, 2.05) is 61.5 Å². The highest BCUT2D eigenvalue weighted by Gasteiger charge is 2.24. The number of aromatic nitrogens is 2. The molecule has 1 aliphatic rings. The number of amides is 1. The number of hydrogen-bond acceptors (Lipinski definition) is 5. The van der Waals surface area contributed by atoms with Gasteiger partial charge in [-0.2, -0.15) is 0 Å². The van der Waals surface area contributed by atoms with E-state index in [4.69, 9.17) is 4.42 Å². The number of anilines is 1. The van der Waals surface area contributed by atoms with E-state index < -0.39 is 0 Å². The Morgan fingerprint density at radius 1 is 1.00 bits per heavy atom. The fourth-order valence-corrected chi connectivity index (χ4v) is 4.03. The van der Waals surface area contributed by atoms with E-state index >= 15 is 0 Å². The minimum atomic E-state index is -0.368. The first-order valence-electron chi connectivity index (χ1n) is 11.1. The Morgan fingerprint density at radius 3 is 2.45 bits per heavy atom. The molecule has 1 aromatic heterocycles. The van der Waals surface area contributed by atoms with E-state index in [0.717, 1.165) is 42.6 Å². The highest BCUT2D eigenvalue weighted by molar-refractivity contribution is 5.79. The lowest BCUT2D eigenvalue weighted by Crippen LogP contribution is -2.31. The number of rotatable bonds is 7. The van der Waals surface area contributed by atoms with Gasteiger partial charge in [0.1, 0.15) is 6.04 Å². The van der Waals surface area contributed by atoms with Crippen molar-refractivity contribution in [1.82, 2.24) is 15.5 Å². The summed E-state index contributed by atoms with van der Waals surface area (Å²) < 4.78 is 6.08. The van der Waals surface area contributed by atoms with Gasteiger partial charge in [0.05, 0.1) is 6.42 Å². The molecule has 1 aliphatic heterocycles. The minimum absolute atomic E-state index is 0.0512. The number of aryl methyl sites for hydroxylation is 1. The summed E-state index contributed by atoms with van der Waals surface area (Å²) in [5.74, 6) is 0.408. The number of nitrogens with zero attached hydrogens (tertiary/aromatic N) is 3. The van der Waals surface area contributed by atoms with Gasteiger partial charge in [-0.25, -0.2) is 0 Å². The molecule has 0 unspecified atom stereocenters. The van der Waals surface area contributed by atoms with Crippen LogP contribution in [0.4, 0.5) is 6.01 Å². The Bertz CT molecular complexity index is 978. The molecule has 0 saturated carbocycles. The fraction of sp³-hybridized carbons (Fsp3) is 0.400. The van der Waals surface area contributed by atoms with Crippen LogP contribution in [-0.2, 0) is 17.6 Å². The van der Waals surface area contributed by atoms with Crippen molar-refractivity contribution in [1.29, 1.82) is 0 Å². The molecule has 4 rings (SSSR count). The topological polar surface area (TPSA) is 71.3 Å². The van der Waals surface area contributed by atoms with E-state index in [1.165, 1.54) is 12.8 Å². The number of nitrogens with one attached hydrogen (secondary N) is 1. The summed E-state index contributed by atoms with van der Waals surface area (Å²) >= 11 is 0. The SMILES string of the molecule is Cc1ccccc1CC(=O)N[C@@H](Cc1ccccc1)c1nnc(N2CCCCCC2)o1.